The highest BCUT2D eigenvalue weighted by Crippen LogP contribution is 2.21. The van der Waals surface area contributed by atoms with Crippen molar-refractivity contribution in [1.29, 1.82) is 0 Å². The normalized spacial score (nSPS) is 12.2. The van der Waals surface area contributed by atoms with Gasteiger partial charge in [0.25, 0.3) is 0 Å². The first kappa shape index (κ1) is 14.5. The van der Waals surface area contributed by atoms with Gasteiger partial charge in [0.2, 0.25) is 5.91 Å². The van der Waals surface area contributed by atoms with Gasteiger partial charge in [-0.2, -0.15) is 0 Å². The molecule has 1 heterocycles. The summed E-state index contributed by atoms with van der Waals surface area (Å²) in [5.41, 5.74) is 7.70. The highest BCUT2D eigenvalue weighted by Gasteiger charge is 2.16. The van der Waals surface area contributed by atoms with E-state index in [2.05, 4.69) is 10.3 Å². The molecule has 0 saturated heterocycles. The van der Waals surface area contributed by atoms with E-state index >= 15 is 0 Å². The summed E-state index contributed by atoms with van der Waals surface area (Å²) in [6.07, 6.45) is 0.412. The predicted molar refractivity (Wildman–Crippen MR) is 80.0 cm³/mol. The molecule has 0 radical (unpaired) electrons. The molecule has 0 aliphatic rings. The Balaban J connectivity index is 1.96. The summed E-state index contributed by atoms with van der Waals surface area (Å²) in [6.45, 7) is 3.86. The van der Waals surface area contributed by atoms with Crippen molar-refractivity contribution in [2.24, 2.45) is 5.73 Å². The van der Waals surface area contributed by atoms with Crippen LogP contribution in [-0.2, 0) is 11.2 Å². The number of phenolic OH excluding ortho intramolecular Hbond substituents is 1. The van der Waals surface area contributed by atoms with Crippen LogP contribution in [0.5, 0.6) is 5.75 Å². The molecule has 1 atom stereocenters. The largest absolute Gasteiger partial charge is 0.508 e. The fraction of sp³-hybridized carbons (Fsp3) is 0.286. The molecule has 0 bridgehead atoms. The summed E-state index contributed by atoms with van der Waals surface area (Å²) in [5.74, 6) is -0.0627. The zero-order chi connectivity index (χ0) is 14.7. The molecule has 0 aliphatic carbocycles. The Kier molecular flexibility index (Phi) is 4.36. The first-order valence-electron chi connectivity index (χ1n) is 6.24. The molecule has 0 spiro atoms. The minimum absolute atomic E-state index is 0.195. The number of aryl methyl sites for hydroxylation is 2. The van der Waals surface area contributed by atoms with Gasteiger partial charge in [0, 0.05) is 4.88 Å². The lowest BCUT2D eigenvalue weighted by Crippen LogP contribution is -2.37. The highest BCUT2D eigenvalue weighted by molar-refractivity contribution is 7.15. The third kappa shape index (κ3) is 3.55. The van der Waals surface area contributed by atoms with Crippen LogP contribution in [-0.4, -0.2) is 22.0 Å². The summed E-state index contributed by atoms with van der Waals surface area (Å²) in [4.78, 5) is 17.3. The Labute approximate surface area is 121 Å². The molecule has 6 heteroatoms. The van der Waals surface area contributed by atoms with Crippen LogP contribution in [0.15, 0.2) is 24.3 Å². The number of benzene rings is 1. The minimum atomic E-state index is -0.649. The summed E-state index contributed by atoms with van der Waals surface area (Å²) < 4.78 is 0. The number of rotatable bonds is 4. The van der Waals surface area contributed by atoms with E-state index in [1.165, 1.54) is 11.3 Å². The van der Waals surface area contributed by atoms with Gasteiger partial charge in [-0.1, -0.05) is 12.1 Å². The Morgan fingerprint density at radius 1 is 1.40 bits per heavy atom. The molecular weight excluding hydrogens is 274 g/mol. The highest BCUT2D eigenvalue weighted by atomic mass is 32.1. The van der Waals surface area contributed by atoms with Crippen molar-refractivity contribution < 1.29 is 9.90 Å². The quantitative estimate of drug-likeness (QED) is 0.803. The van der Waals surface area contributed by atoms with Gasteiger partial charge in [0.1, 0.15) is 5.75 Å². The van der Waals surface area contributed by atoms with Crippen LogP contribution in [0.1, 0.15) is 16.1 Å². The fourth-order valence-electron chi connectivity index (χ4n) is 1.70. The summed E-state index contributed by atoms with van der Waals surface area (Å²) in [7, 11) is 0. The monoisotopic (exact) mass is 291 g/mol. The molecule has 5 nitrogen and oxygen atoms in total. The second kappa shape index (κ2) is 6.02. The van der Waals surface area contributed by atoms with Crippen LogP contribution in [0.25, 0.3) is 0 Å². The van der Waals surface area contributed by atoms with Crippen molar-refractivity contribution in [2.75, 3.05) is 5.32 Å². The molecule has 20 heavy (non-hydrogen) atoms. The number of hydrogen-bond acceptors (Lipinski definition) is 5. The maximum absolute atomic E-state index is 12.0. The van der Waals surface area contributed by atoms with Crippen LogP contribution in [0.2, 0.25) is 0 Å². The standard InChI is InChI=1S/C14H17N3O2S/c1-8-9(2)20-14(16-8)17-13(19)12(15)7-10-3-5-11(18)6-4-10/h3-6,12,18H,7,15H2,1-2H3,(H,16,17,19)/t12-/m1/s1. The van der Waals surface area contributed by atoms with E-state index in [9.17, 15) is 9.90 Å². The summed E-state index contributed by atoms with van der Waals surface area (Å²) in [6, 6.07) is 6.01. The third-order valence-corrected chi connectivity index (χ3v) is 3.98. The lowest BCUT2D eigenvalue weighted by atomic mass is 10.1. The first-order chi connectivity index (χ1) is 9.45. The first-order valence-corrected chi connectivity index (χ1v) is 7.05. The van der Waals surface area contributed by atoms with Gasteiger partial charge in [-0.25, -0.2) is 4.98 Å². The van der Waals surface area contributed by atoms with Gasteiger partial charge in [-0.15, -0.1) is 11.3 Å². The van der Waals surface area contributed by atoms with Crippen LogP contribution in [0, 0.1) is 13.8 Å². The van der Waals surface area contributed by atoms with Crippen molar-refractivity contribution >= 4 is 22.4 Å². The SMILES string of the molecule is Cc1nc(NC(=O)[C@H](N)Cc2ccc(O)cc2)sc1C. The van der Waals surface area contributed by atoms with Crippen molar-refractivity contribution in [2.45, 2.75) is 26.3 Å². The van der Waals surface area contributed by atoms with E-state index in [1.807, 2.05) is 13.8 Å². The van der Waals surface area contributed by atoms with E-state index < -0.39 is 6.04 Å². The van der Waals surface area contributed by atoms with Crippen molar-refractivity contribution in [3.63, 3.8) is 0 Å². The molecule has 4 N–H and O–H groups in total. The van der Waals surface area contributed by atoms with Crippen molar-refractivity contribution in [3.8, 4) is 5.75 Å². The van der Waals surface area contributed by atoms with E-state index in [-0.39, 0.29) is 11.7 Å². The van der Waals surface area contributed by atoms with Crippen molar-refractivity contribution in [1.82, 2.24) is 4.98 Å². The van der Waals surface area contributed by atoms with Crippen LogP contribution >= 0.6 is 11.3 Å². The lowest BCUT2D eigenvalue weighted by Gasteiger charge is -2.10. The number of anilines is 1. The number of hydrogen-bond donors (Lipinski definition) is 3. The molecule has 1 aromatic carbocycles. The molecular formula is C14H17N3O2S. The van der Waals surface area contributed by atoms with Crippen LogP contribution in [0.3, 0.4) is 0 Å². The topological polar surface area (TPSA) is 88.2 Å². The number of aromatic hydroxyl groups is 1. The lowest BCUT2D eigenvalue weighted by molar-refractivity contribution is -0.117. The van der Waals surface area contributed by atoms with Crippen molar-refractivity contribution in [3.05, 3.63) is 40.4 Å². The van der Waals surface area contributed by atoms with Crippen LogP contribution in [0.4, 0.5) is 5.13 Å². The number of nitrogens with zero attached hydrogens (tertiary/aromatic N) is 1. The maximum Gasteiger partial charge on any atom is 0.243 e. The minimum Gasteiger partial charge on any atom is -0.508 e. The smallest absolute Gasteiger partial charge is 0.243 e. The summed E-state index contributed by atoms with van der Waals surface area (Å²) in [5, 5.41) is 12.5. The Bertz CT molecular complexity index is 588. The van der Waals surface area contributed by atoms with Gasteiger partial charge in [-0.3, -0.25) is 4.79 Å². The molecule has 1 aromatic heterocycles. The number of aromatic nitrogens is 1. The van der Waals surface area contributed by atoms with Gasteiger partial charge >= 0.3 is 0 Å². The van der Waals surface area contributed by atoms with E-state index in [4.69, 9.17) is 5.73 Å². The Morgan fingerprint density at radius 3 is 2.60 bits per heavy atom. The zero-order valence-electron chi connectivity index (χ0n) is 11.4. The number of nitrogens with two attached hydrogens (primary N) is 1. The Hall–Kier alpha value is -1.92. The maximum atomic E-state index is 12.0. The predicted octanol–water partition coefficient (Wildman–Crippen LogP) is 1.97. The Morgan fingerprint density at radius 2 is 2.05 bits per heavy atom. The fourth-order valence-corrected chi connectivity index (χ4v) is 2.52. The van der Waals surface area contributed by atoms with Gasteiger partial charge in [-0.05, 0) is 38.0 Å². The second-order valence-corrected chi connectivity index (χ2v) is 5.83. The molecule has 106 valence electrons. The molecule has 0 saturated carbocycles. The molecule has 0 unspecified atom stereocenters. The van der Waals surface area contributed by atoms with E-state index in [0.29, 0.717) is 11.6 Å². The number of phenols is 1. The molecule has 1 amide bonds. The summed E-state index contributed by atoms with van der Waals surface area (Å²) >= 11 is 1.44. The third-order valence-electron chi connectivity index (χ3n) is 2.99. The van der Waals surface area contributed by atoms with Gasteiger partial charge < -0.3 is 16.2 Å². The average molecular weight is 291 g/mol. The van der Waals surface area contributed by atoms with E-state index in [0.717, 1.165) is 16.1 Å². The number of amides is 1. The van der Waals surface area contributed by atoms with Gasteiger partial charge in [0.05, 0.1) is 11.7 Å². The molecule has 0 aliphatic heterocycles. The second-order valence-electron chi connectivity index (χ2n) is 4.63. The average Bonchev–Trinajstić information content (AvgIpc) is 2.71. The number of carbonyl (C=O) groups is 1. The van der Waals surface area contributed by atoms with E-state index in [1.54, 1.807) is 24.3 Å². The number of carbonyl (C=O) groups excluding carboxylic acids is 1. The number of nitrogens with one attached hydrogen (secondary N) is 1. The van der Waals surface area contributed by atoms with Crippen LogP contribution < -0.4 is 11.1 Å². The molecule has 2 aromatic rings. The molecule has 2 rings (SSSR count). The van der Waals surface area contributed by atoms with Gasteiger partial charge in [0.15, 0.2) is 5.13 Å². The molecule has 0 fully saturated rings. The number of thiazole rings is 1. The zero-order valence-corrected chi connectivity index (χ0v) is 12.2.